The maximum absolute atomic E-state index is 11.7. The molecule has 1 aliphatic rings. The summed E-state index contributed by atoms with van der Waals surface area (Å²) >= 11 is 0. The van der Waals surface area contributed by atoms with E-state index in [0.717, 1.165) is 5.56 Å². The molecule has 0 saturated heterocycles. The number of fused-ring (bicyclic) bond motifs is 1. The fourth-order valence-corrected chi connectivity index (χ4v) is 2.59. The van der Waals surface area contributed by atoms with Gasteiger partial charge < -0.3 is 19.7 Å². The number of rotatable bonds is 2. The number of carbonyl (C=O) groups excluding carboxylic acids is 1. The minimum absolute atomic E-state index is 0.0849. The first-order valence-electron chi connectivity index (χ1n) is 6.49. The average Bonchev–Trinajstić information content (AvgIpc) is 2.45. The van der Waals surface area contributed by atoms with Crippen LogP contribution in [0.3, 0.4) is 0 Å². The zero-order valence-electron chi connectivity index (χ0n) is 11.4. The van der Waals surface area contributed by atoms with Crippen LogP contribution in [0.2, 0.25) is 0 Å². The van der Waals surface area contributed by atoms with Crippen molar-refractivity contribution in [3.8, 4) is 23.0 Å². The summed E-state index contributed by atoms with van der Waals surface area (Å²) in [5.74, 6) is -0.0225. The highest BCUT2D eigenvalue weighted by Gasteiger charge is 2.31. The number of methoxy groups -OCH3 is 1. The number of phenols is 2. The van der Waals surface area contributed by atoms with Crippen molar-refractivity contribution in [1.82, 2.24) is 0 Å². The lowest BCUT2D eigenvalue weighted by Crippen LogP contribution is -2.21. The van der Waals surface area contributed by atoms with Crippen LogP contribution in [0.25, 0.3) is 0 Å². The minimum Gasteiger partial charge on any atom is -0.508 e. The summed E-state index contributed by atoms with van der Waals surface area (Å²) in [6.45, 7) is 0. The van der Waals surface area contributed by atoms with E-state index in [1.165, 1.54) is 12.1 Å². The molecule has 1 aliphatic heterocycles. The summed E-state index contributed by atoms with van der Waals surface area (Å²) < 4.78 is 10.2. The molecule has 0 radical (unpaired) electrons. The van der Waals surface area contributed by atoms with Gasteiger partial charge in [0.15, 0.2) is 0 Å². The standard InChI is InChI=1S/C16H14O5/c1-20-11-4-2-9(3-5-11)12-8-15(19)21-14-7-10(17)6-13(18)16(12)14/h2-7,12,17-18H,8H2,1H3/t12-/m0/s1. The predicted octanol–water partition coefficient (Wildman–Crippen LogP) is 2.55. The molecule has 2 aromatic rings. The molecule has 0 fully saturated rings. The highest BCUT2D eigenvalue weighted by atomic mass is 16.5. The Bertz CT molecular complexity index is 691. The Morgan fingerprint density at radius 2 is 1.90 bits per heavy atom. The van der Waals surface area contributed by atoms with Gasteiger partial charge in [0.2, 0.25) is 0 Å². The van der Waals surface area contributed by atoms with Gasteiger partial charge in [-0.25, -0.2) is 0 Å². The molecular formula is C16H14O5. The van der Waals surface area contributed by atoms with Crippen molar-refractivity contribution in [3.63, 3.8) is 0 Å². The van der Waals surface area contributed by atoms with Crippen LogP contribution < -0.4 is 9.47 Å². The third-order valence-corrected chi connectivity index (χ3v) is 3.57. The second-order valence-corrected chi connectivity index (χ2v) is 4.88. The van der Waals surface area contributed by atoms with E-state index in [1.54, 1.807) is 19.2 Å². The molecule has 1 heterocycles. The molecular weight excluding hydrogens is 272 g/mol. The molecule has 21 heavy (non-hydrogen) atoms. The molecule has 0 unspecified atom stereocenters. The quantitative estimate of drug-likeness (QED) is 0.655. The first-order valence-corrected chi connectivity index (χ1v) is 6.49. The molecule has 108 valence electrons. The first-order chi connectivity index (χ1) is 10.1. The van der Waals surface area contributed by atoms with Gasteiger partial charge in [-0.05, 0) is 17.7 Å². The monoisotopic (exact) mass is 286 g/mol. The Labute approximate surface area is 121 Å². The van der Waals surface area contributed by atoms with Gasteiger partial charge in [0.25, 0.3) is 0 Å². The average molecular weight is 286 g/mol. The van der Waals surface area contributed by atoms with E-state index >= 15 is 0 Å². The number of ether oxygens (including phenoxy) is 2. The van der Waals surface area contributed by atoms with Gasteiger partial charge >= 0.3 is 5.97 Å². The van der Waals surface area contributed by atoms with E-state index in [1.807, 2.05) is 12.1 Å². The lowest BCUT2D eigenvalue weighted by molar-refractivity contribution is -0.135. The van der Waals surface area contributed by atoms with Gasteiger partial charge in [-0.15, -0.1) is 0 Å². The first kappa shape index (κ1) is 13.3. The molecule has 3 rings (SSSR count). The van der Waals surface area contributed by atoms with Gasteiger partial charge in [-0.1, -0.05) is 12.1 Å². The Hall–Kier alpha value is -2.69. The number of aromatic hydroxyl groups is 2. The molecule has 0 bridgehead atoms. The van der Waals surface area contributed by atoms with Crippen LogP contribution >= 0.6 is 0 Å². The molecule has 1 atom stereocenters. The molecule has 0 aliphatic carbocycles. The second-order valence-electron chi connectivity index (χ2n) is 4.88. The number of carbonyl (C=O) groups is 1. The summed E-state index contributed by atoms with van der Waals surface area (Å²) in [7, 11) is 1.58. The smallest absolute Gasteiger partial charge is 0.312 e. The number of esters is 1. The van der Waals surface area contributed by atoms with Crippen molar-refractivity contribution in [3.05, 3.63) is 47.5 Å². The molecule has 5 heteroatoms. The number of phenolic OH excluding ortho intramolecular Hbond substituents is 2. The second kappa shape index (κ2) is 5.01. The maximum Gasteiger partial charge on any atom is 0.312 e. The van der Waals surface area contributed by atoms with Gasteiger partial charge in [0, 0.05) is 23.6 Å². The van der Waals surface area contributed by atoms with Gasteiger partial charge in [0.05, 0.1) is 13.5 Å². The SMILES string of the molecule is COc1ccc([C@@H]2CC(=O)Oc3cc(O)cc(O)c32)cc1. The van der Waals surface area contributed by atoms with Gasteiger partial charge in [-0.3, -0.25) is 4.79 Å². The third-order valence-electron chi connectivity index (χ3n) is 3.57. The van der Waals surface area contributed by atoms with E-state index in [2.05, 4.69) is 0 Å². The molecule has 0 amide bonds. The molecule has 0 saturated carbocycles. The van der Waals surface area contributed by atoms with E-state index < -0.39 is 5.97 Å². The Balaban J connectivity index is 2.09. The van der Waals surface area contributed by atoms with Crippen molar-refractivity contribution in [2.24, 2.45) is 0 Å². The zero-order valence-corrected chi connectivity index (χ0v) is 11.4. The highest BCUT2D eigenvalue weighted by Crippen LogP contribution is 2.45. The Morgan fingerprint density at radius 1 is 1.19 bits per heavy atom. The van der Waals surface area contributed by atoms with Crippen LogP contribution in [-0.4, -0.2) is 23.3 Å². The fourth-order valence-electron chi connectivity index (χ4n) is 2.59. The Kier molecular flexibility index (Phi) is 3.17. The molecule has 5 nitrogen and oxygen atoms in total. The van der Waals surface area contributed by atoms with Crippen molar-refractivity contribution in [2.45, 2.75) is 12.3 Å². The van der Waals surface area contributed by atoms with Crippen molar-refractivity contribution in [1.29, 1.82) is 0 Å². The maximum atomic E-state index is 11.7. The van der Waals surface area contributed by atoms with E-state index in [0.29, 0.717) is 11.3 Å². The van der Waals surface area contributed by atoms with E-state index in [-0.39, 0.29) is 29.6 Å². The van der Waals surface area contributed by atoms with Crippen molar-refractivity contribution in [2.75, 3.05) is 7.11 Å². The fraction of sp³-hybridized carbons (Fsp3) is 0.188. The minimum atomic E-state index is -0.395. The summed E-state index contributed by atoms with van der Waals surface area (Å²) in [5, 5.41) is 19.6. The molecule has 2 aromatic carbocycles. The topological polar surface area (TPSA) is 76.0 Å². The van der Waals surface area contributed by atoms with Crippen LogP contribution in [0, 0.1) is 0 Å². The van der Waals surface area contributed by atoms with E-state index in [4.69, 9.17) is 9.47 Å². The number of hydrogen-bond acceptors (Lipinski definition) is 5. The van der Waals surface area contributed by atoms with Gasteiger partial charge in [-0.2, -0.15) is 0 Å². The molecule has 0 aromatic heterocycles. The van der Waals surface area contributed by atoms with Crippen LogP contribution in [0.4, 0.5) is 0 Å². The van der Waals surface area contributed by atoms with Crippen molar-refractivity contribution < 1.29 is 24.5 Å². The summed E-state index contributed by atoms with van der Waals surface area (Å²) in [6, 6.07) is 9.87. The van der Waals surface area contributed by atoms with E-state index in [9.17, 15) is 15.0 Å². The van der Waals surface area contributed by atoms with Crippen LogP contribution in [0.1, 0.15) is 23.5 Å². The van der Waals surface area contributed by atoms with Crippen LogP contribution in [0.5, 0.6) is 23.0 Å². The summed E-state index contributed by atoms with van der Waals surface area (Å²) in [4.78, 5) is 11.7. The van der Waals surface area contributed by atoms with Crippen LogP contribution in [0.15, 0.2) is 36.4 Å². The normalized spacial score (nSPS) is 17.0. The highest BCUT2D eigenvalue weighted by molar-refractivity contribution is 5.79. The predicted molar refractivity (Wildman–Crippen MR) is 74.9 cm³/mol. The molecule has 0 spiro atoms. The summed E-state index contributed by atoms with van der Waals surface area (Å²) in [6.07, 6.45) is 0.137. The molecule has 2 N–H and O–H groups in total. The largest absolute Gasteiger partial charge is 0.508 e. The lowest BCUT2D eigenvalue weighted by atomic mass is 9.85. The third kappa shape index (κ3) is 2.38. The lowest BCUT2D eigenvalue weighted by Gasteiger charge is -2.25. The number of benzene rings is 2. The summed E-state index contributed by atoms with van der Waals surface area (Å²) in [5.41, 5.74) is 1.38. The van der Waals surface area contributed by atoms with Crippen molar-refractivity contribution >= 4 is 5.97 Å². The van der Waals surface area contributed by atoms with Gasteiger partial charge in [0.1, 0.15) is 23.0 Å². The number of hydrogen-bond donors (Lipinski definition) is 2. The zero-order chi connectivity index (χ0) is 15.0. The Morgan fingerprint density at radius 3 is 2.57 bits per heavy atom. The van der Waals surface area contributed by atoms with Crippen LogP contribution in [-0.2, 0) is 4.79 Å².